The Balaban J connectivity index is 1.78. The van der Waals surface area contributed by atoms with E-state index < -0.39 is 0 Å². The number of hydrogen-bond acceptors (Lipinski definition) is 3. The van der Waals surface area contributed by atoms with Crippen LogP contribution >= 0.6 is 0 Å². The zero-order valence-corrected chi connectivity index (χ0v) is 19.1. The van der Waals surface area contributed by atoms with Gasteiger partial charge in [-0.15, -0.1) is 0 Å². The molecule has 4 heteroatoms. The monoisotopic (exact) mass is 402 g/mol. The molecule has 2 fully saturated rings. The van der Waals surface area contributed by atoms with Crippen molar-refractivity contribution in [3.63, 3.8) is 0 Å². The second-order valence-electron chi connectivity index (χ2n) is 10.2. The highest BCUT2D eigenvalue weighted by Crippen LogP contribution is 2.62. The molecule has 2 saturated carbocycles. The first-order valence-corrected chi connectivity index (χ1v) is 11.4. The molecule has 29 heavy (non-hydrogen) atoms. The fourth-order valence-corrected chi connectivity index (χ4v) is 6.37. The van der Waals surface area contributed by atoms with E-state index in [0.29, 0.717) is 17.9 Å². The molecule has 0 saturated heterocycles. The van der Waals surface area contributed by atoms with Crippen LogP contribution in [0.15, 0.2) is 28.9 Å². The number of fused-ring (bicyclic) bond motifs is 1. The number of nitrogens with two attached hydrogens (primary N) is 1. The molecule has 2 N–H and O–H groups in total. The number of rotatable bonds is 7. The molecule has 0 bridgehead atoms. The van der Waals surface area contributed by atoms with Crippen LogP contribution in [0.5, 0.6) is 0 Å². The van der Waals surface area contributed by atoms with Crippen molar-refractivity contribution in [2.24, 2.45) is 22.7 Å². The average molecular weight is 403 g/mol. The van der Waals surface area contributed by atoms with Gasteiger partial charge in [-0.25, -0.2) is 0 Å². The summed E-state index contributed by atoms with van der Waals surface area (Å²) in [5.41, 5.74) is 2.45. The maximum absolute atomic E-state index is 12.7. The summed E-state index contributed by atoms with van der Waals surface area (Å²) in [5, 5.41) is 2.31. The largest absolute Gasteiger partial charge is 0.469 e. The standard InChI is InChI=1S/C25H39NO3/c1-17(2)26-16-21-19(12-15-29-21)9-10-20-18(3)8-11-22-24(20,4)13-7-14-25(22,5)23(27)28-6/h12,15,17,20,22,26H,3,7-11,13-14,16H2,1-2,4-6H3/p+1/t20-,22-,24-,25-/m1/s1. The van der Waals surface area contributed by atoms with Gasteiger partial charge in [0.25, 0.3) is 0 Å². The van der Waals surface area contributed by atoms with E-state index in [1.807, 2.05) is 6.26 Å². The highest BCUT2D eigenvalue weighted by Gasteiger charge is 2.57. The Morgan fingerprint density at radius 3 is 2.83 bits per heavy atom. The zero-order valence-electron chi connectivity index (χ0n) is 19.1. The van der Waals surface area contributed by atoms with Crippen molar-refractivity contribution < 1.29 is 19.3 Å². The molecular formula is C25H40NO3+. The molecule has 0 aromatic carbocycles. The second-order valence-corrected chi connectivity index (χ2v) is 10.2. The van der Waals surface area contributed by atoms with E-state index in [0.717, 1.165) is 50.8 Å². The van der Waals surface area contributed by atoms with E-state index in [9.17, 15) is 4.79 Å². The van der Waals surface area contributed by atoms with Crippen LogP contribution in [0, 0.1) is 22.7 Å². The number of esters is 1. The lowest BCUT2D eigenvalue weighted by molar-refractivity contribution is -0.699. The number of aryl methyl sites for hydroxylation is 1. The number of hydrogen-bond donors (Lipinski definition) is 1. The topological polar surface area (TPSA) is 56.0 Å². The van der Waals surface area contributed by atoms with Crippen molar-refractivity contribution in [3.05, 3.63) is 35.8 Å². The van der Waals surface area contributed by atoms with Crippen LogP contribution in [0.2, 0.25) is 0 Å². The fourth-order valence-electron chi connectivity index (χ4n) is 6.37. The van der Waals surface area contributed by atoms with Crippen molar-refractivity contribution in [1.82, 2.24) is 0 Å². The quantitative estimate of drug-likeness (QED) is 0.534. The van der Waals surface area contributed by atoms with Gasteiger partial charge >= 0.3 is 5.97 Å². The molecule has 0 radical (unpaired) electrons. The number of furan rings is 1. The normalized spacial score (nSPS) is 32.3. The number of carbonyl (C=O) groups excluding carboxylic acids is 1. The summed E-state index contributed by atoms with van der Waals surface area (Å²) in [5.74, 6) is 1.89. The third-order valence-corrected chi connectivity index (χ3v) is 7.99. The number of allylic oxidation sites excluding steroid dienone is 1. The summed E-state index contributed by atoms with van der Waals surface area (Å²) >= 11 is 0. The molecule has 1 aromatic rings. The number of carbonyl (C=O) groups is 1. The van der Waals surface area contributed by atoms with Gasteiger partial charge in [-0.2, -0.15) is 0 Å². The minimum absolute atomic E-state index is 0.0268. The molecule has 0 amide bonds. The maximum atomic E-state index is 12.7. The summed E-state index contributed by atoms with van der Waals surface area (Å²) in [4.78, 5) is 12.7. The molecule has 1 heterocycles. The van der Waals surface area contributed by atoms with Crippen LogP contribution in [0.3, 0.4) is 0 Å². The van der Waals surface area contributed by atoms with Crippen LogP contribution < -0.4 is 5.32 Å². The molecule has 4 atom stereocenters. The summed E-state index contributed by atoms with van der Waals surface area (Å²) in [6.45, 7) is 14.3. The summed E-state index contributed by atoms with van der Waals surface area (Å²) in [6, 6.07) is 2.69. The molecular weight excluding hydrogens is 362 g/mol. The molecule has 0 aliphatic heterocycles. The Hall–Kier alpha value is -1.55. The van der Waals surface area contributed by atoms with Gasteiger partial charge < -0.3 is 14.5 Å². The van der Waals surface area contributed by atoms with Gasteiger partial charge in [0, 0.05) is 0 Å². The Labute approximate surface area is 176 Å². The van der Waals surface area contributed by atoms with Crippen molar-refractivity contribution in [2.75, 3.05) is 7.11 Å². The second kappa shape index (κ2) is 8.67. The summed E-state index contributed by atoms with van der Waals surface area (Å²) in [6.07, 6.45) is 9.20. The van der Waals surface area contributed by atoms with Gasteiger partial charge in [0.05, 0.1) is 24.8 Å². The lowest BCUT2D eigenvalue weighted by atomic mass is 9.46. The first-order chi connectivity index (χ1) is 13.7. The Morgan fingerprint density at radius 2 is 2.14 bits per heavy atom. The van der Waals surface area contributed by atoms with Crippen LogP contribution in [-0.2, 0) is 22.5 Å². The SMILES string of the molecule is C=C1CC[C@@H]2[C@](C)(CCC[C@@]2(C)C(=O)OC)[C@@H]1CCc1ccoc1C[NH2+]C(C)C. The maximum Gasteiger partial charge on any atom is 0.311 e. The summed E-state index contributed by atoms with van der Waals surface area (Å²) in [7, 11) is 1.54. The molecule has 3 rings (SSSR count). The van der Waals surface area contributed by atoms with Crippen molar-refractivity contribution >= 4 is 5.97 Å². The Bertz CT molecular complexity index is 736. The molecule has 162 valence electrons. The van der Waals surface area contributed by atoms with E-state index in [2.05, 4.69) is 45.7 Å². The molecule has 0 spiro atoms. The van der Waals surface area contributed by atoms with Crippen molar-refractivity contribution in [1.29, 1.82) is 0 Å². The molecule has 4 nitrogen and oxygen atoms in total. The van der Waals surface area contributed by atoms with E-state index in [1.165, 1.54) is 24.7 Å². The molecule has 2 aliphatic carbocycles. The van der Waals surface area contributed by atoms with Gasteiger partial charge in [0.1, 0.15) is 6.54 Å². The van der Waals surface area contributed by atoms with Crippen LogP contribution in [0.4, 0.5) is 0 Å². The third-order valence-electron chi connectivity index (χ3n) is 7.99. The minimum Gasteiger partial charge on any atom is -0.469 e. The third kappa shape index (κ3) is 4.19. The fraction of sp³-hybridized carbons (Fsp3) is 0.720. The lowest BCUT2D eigenvalue weighted by Crippen LogP contribution is -2.86. The van der Waals surface area contributed by atoms with E-state index in [4.69, 9.17) is 9.15 Å². The summed E-state index contributed by atoms with van der Waals surface area (Å²) < 4.78 is 11.0. The van der Waals surface area contributed by atoms with Gasteiger partial charge in [0.2, 0.25) is 0 Å². The van der Waals surface area contributed by atoms with Crippen molar-refractivity contribution in [2.45, 2.75) is 85.2 Å². The average Bonchev–Trinajstić information content (AvgIpc) is 3.12. The predicted octanol–water partition coefficient (Wildman–Crippen LogP) is 4.64. The van der Waals surface area contributed by atoms with Crippen molar-refractivity contribution in [3.8, 4) is 0 Å². The van der Waals surface area contributed by atoms with Gasteiger partial charge in [-0.1, -0.05) is 25.5 Å². The number of methoxy groups -OCH3 is 1. The first kappa shape index (κ1) is 22.1. The van der Waals surface area contributed by atoms with Gasteiger partial charge in [-0.05, 0) is 88.2 Å². The Kier molecular flexibility index (Phi) is 6.62. The van der Waals surface area contributed by atoms with Gasteiger partial charge in [-0.3, -0.25) is 4.79 Å². The van der Waals surface area contributed by atoms with Crippen LogP contribution in [0.1, 0.15) is 77.5 Å². The highest BCUT2D eigenvalue weighted by molar-refractivity contribution is 5.77. The Morgan fingerprint density at radius 1 is 1.38 bits per heavy atom. The van der Waals surface area contributed by atoms with E-state index >= 15 is 0 Å². The molecule has 1 aromatic heterocycles. The molecule has 2 aliphatic rings. The van der Waals surface area contributed by atoms with Gasteiger partial charge in [0.15, 0.2) is 5.76 Å². The smallest absolute Gasteiger partial charge is 0.311 e. The number of ether oxygens (including phenoxy) is 1. The van der Waals surface area contributed by atoms with Crippen LogP contribution in [-0.4, -0.2) is 19.1 Å². The van der Waals surface area contributed by atoms with E-state index in [1.54, 1.807) is 0 Å². The van der Waals surface area contributed by atoms with E-state index in [-0.39, 0.29) is 16.8 Å². The molecule has 0 unspecified atom stereocenters. The lowest BCUT2D eigenvalue weighted by Gasteiger charge is -2.57. The predicted molar refractivity (Wildman–Crippen MR) is 115 cm³/mol. The first-order valence-electron chi connectivity index (χ1n) is 11.4. The van der Waals surface area contributed by atoms with Crippen LogP contribution in [0.25, 0.3) is 0 Å². The number of quaternary nitrogens is 1. The zero-order chi connectivity index (χ0) is 21.2. The minimum atomic E-state index is -0.367. The highest BCUT2D eigenvalue weighted by atomic mass is 16.5.